The molecule has 2 aliphatic rings. The molecular weight excluding hydrogens is 482 g/mol. The Morgan fingerprint density at radius 2 is 1.77 bits per heavy atom. The van der Waals surface area contributed by atoms with Crippen molar-refractivity contribution in [2.45, 2.75) is 17.8 Å². The predicted octanol–water partition coefficient (Wildman–Crippen LogP) is 5.17. The van der Waals surface area contributed by atoms with Gasteiger partial charge in [-0.1, -0.05) is 54.1 Å². The monoisotopic (exact) mass is 499 g/mol. The zero-order valence-electron chi connectivity index (χ0n) is 18.3. The number of rotatable bonds is 4. The second-order valence-corrected chi connectivity index (χ2v) is 9.84. The number of amides is 3. The van der Waals surface area contributed by atoms with Crippen LogP contribution in [-0.4, -0.2) is 43.3 Å². The van der Waals surface area contributed by atoms with Crippen LogP contribution in [0.3, 0.4) is 0 Å². The number of carbonyl (C=O) groups excluding carboxylic acids is 2. The van der Waals surface area contributed by atoms with Crippen molar-refractivity contribution in [2.24, 2.45) is 0 Å². The van der Waals surface area contributed by atoms with Crippen LogP contribution in [0.25, 0.3) is 15.7 Å². The highest BCUT2D eigenvalue weighted by atomic mass is 35.5. The van der Waals surface area contributed by atoms with Gasteiger partial charge in [-0.3, -0.25) is 9.78 Å². The van der Waals surface area contributed by atoms with Gasteiger partial charge < -0.3 is 4.90 Å². The smallest absolute Gasteiger partial charge is 0.311 e. The van der Waals surface area contributed by atoms with Crippen molar-refractivity contribution in [3.05, 3.63) is 102 Å². The minimum Gasteiger partial charge on any atom is -0.311 e. The maximum atomic E-state index is 13.9. The van der Waals surface area contributed by atoms with Crippen LogP contribution < -0.4 is 4.90 Å². The lowest BCUT2D eigenvalue weighted by Gasteiger charge is -2.41. The molecule has 9 heteroatoms. The zero-order chi connectivity index (χ0) is 23.9. The van der Waals surface area contributed by atoms with Crippen molar-refractivity contribution in [1.82, 2.24) is 20.1 Å². The van der Waals surface area contributed by atoms with Crippen molar-refractivity contribution in [3.8, 4) is 0 Å². The Labute approximate surface area is 210 Å². The summed E-state index contributed by atoms with van der Waals surface area (Å²) in [5.74, 6) is -0.273. The predicted molar refractivity (Wildman–Crippen MR) is 137 cm³/mol. The average Bonchev–Trinajstić information content (AvgIpc) is 3.33. The highest BCUT2D eigenvalue weighted by molar-refractivity contribution is 8.09. The molecular formula is C26H18ClN5O2S. The Kier molecular flexibility index (Phi) is 5.47. The van der Waals surface area contributed by atoms with Gasteiger partial charge in [0, 0.05) is 45.2 Å². The lowest BCUT2D eigenvalue weighted by molar-refractivity contribution is -0.119. The molecule has 3 amide bonds. The molecule has 0 saturated carbocycles. The summed E-state index contributed by atoms with van der Waals surface area (Å²) in [4.78, 5) is 36.0. The van der Waals surface area contributed by atoms with Crippen molar-refractivity contribution >= 4 is 56.7 Å². The second-order valence-electron chi connectivity index (χ2n) is 8.25. The van der Waals surface area contributed by atoms with Gasteiger partial charge in [-0.25, -0.2) is 9.69 Å². The number of thioether (sulfide) groups is 1. The highest BCUT2D eigenvalue weighted by Crippen LogP contribution is 2.47. The molecule has 0 bridgehead atoms. The normalized spacial score (nSPS) is 19.7. The number of hydrogen-bond acceptors (Lipinski definition) is 6. The van der Waals surface area contributed by atoms with E-state index in [0.29, 0.717) is 10.7 Å². The fourth-order valence-electron chi connectivity index (χ4n) is 4.51. The van der Waals surface area contributed by atoms with Crippen LogP contribution in [0.5, 0.6) is 0 Å². The second kappa shape index (κ2) is 8.79. The van der Waals surface area contributed by atoms with Gasteiger partial charge in [-0.15, -0.1) is 11.8 Å². The number of anilines is 1. The van der Waals surface area contributed by atoms with Gasteiger partial charge in [0.15, 0.2) is 0 Å². The Morgan fingerprint density at radius 1 is 0.943 bits per heavy atom. The molecule has 7 nitrogen and oxygen atoms in total. The first-order valence-electron chi connectivity index (χ1n) is 11.0. The number of fused-ring (bicyclic) bond motifs is 2. The Bertz CT molecular complexity index is 1490. The molecule has 2 unspecified atom stereocenters. The van der Waals surface area contributed by atoms with Crippen LogP contribution in [0, 0.1) is 0 Å². The summed E-state index contributed by atoms with van der Waals surface area (Å²) < 4.78 is 0. The molecule has 2 aliphatic heterocycles. The van der Waals surface area contributed by atoms with E-state index in [-0.39, 0.29) is 12.5 Å². The van der Waals surface area contributed by atoms with Crippen LogP contribution in [0.2, 0.25) is 5.02 Å². The molecule has 6 rings (SSSR count). The van der Waals surface area contributed by atoms with E-state index in [1.54, 1.807) is 29.7 Å². The van der Waals surface area contributed by atoms with E-state index < -0.39 is 17.3 Å². The third-order valence-electron chi connectivity index (χ3n) is 6.17. The molecule has 172 valence electrons. The summed E-state index contributed by atoms with van der Waals surface area (Å²) >= 11 is 7.90. The molecule has 0 radical (unpaired) electrons. The number of carbonyl (C=O) groups is 2. The van der Waals surface area contributed by atoms with Crippen LogP contribution in [-0.2, 0) is 11.3 Å². The molecule has 4 heterocycles. The van der Waals surface area contributed by atoms with Crippen LogP contribution in [0.4, 0.5) is 10.5 Å². The van der Waals surface area contributed by atoms with Gasteiger partial charge in [-0.05, 0) is 23.8 Å². The maximum absolute atomic E-state index is 13.9. The summed E-state index contributed by atoms with van der Waals surface area (Å²) in [6.45, 7) is 0.282. The topological polar surface area (TPSA) is 79.3 Å². The SMILES string of the molecule is O=C1C2SC(c3ccccc3Cl)=CC2N(Cc2ccnnc2)C(=O)N1c1cncc2ccccc12. The van der Waals surface area contributed by atoms with Gasteiger partial charge in [-0.2, -0.15) is 10.2 Å². The molecule has 1 saturated heterocycles. The first kappa shape index (κ1) is 21.8. The summed E-state index contributed by atoms with van der Waals surface area (Å²) in [5, 5.41) is 9.51. The van der Waals surface area contributed by atoms with E-state index in [1.807, 2.05) is 60.7 Å². The number of imide groups is 1. The number of nitrogens with zero attached hydrogens (tertiary/aromatic N) is 5. The molecule has 0 spiro atoms. The quantitative estimate of drug-likeness (QED) is 0.385. The molecule has 0 aliphatic carbocycles. The maximum Gasteiger partial charge on any atom is 0.332 e. The first-order chi connectivity index (χ1) is 17.1. The number of benzene rings is 2. The van der Waals surface area contributed by atoms with Crippen LogP contribution in [0.15, 0.2) is 85.5 Å². The fraction of sp³-hybridized carbons (Fsp3) is 0.115. The zero-order valence-corrected chi connectivity index (χ0v) is 19.9. The molecule has 2 atom stereocenters. The van der Waals surface area contributed by atoms with E-state index in [1.165, 1.54) is 16.7 Å². The summed E-state index contributed by atoms with van der Waals surface area (Å²) in [5.41, 5.74) is 2.14. The van der Waals surface area contributed by atoms with Gasteiger partial charge in [0.25, 0.3) is 5.91 Å². The number of aromatic nitrogens is 3. The third kappa shape index (κ3) is 3.75. The minimum absolute atomic E-state index is 0.273. The van der Waals surface area contributed by atoms with E-state index in [0.717, 1.165) is 26.8 Å². The lowest BCUT2D eigenvalue weighted by atomic mass is 10.0. The molecule has 4 aromatic rings. The van der Waals surface area contributed by atoms with Gasteiger partial charge in [0.1, 0.15) is 5.25 Å². The van der Waals surface area contributed by atoms with E-state index in [4.69, 9.17) is 11.6 Å². The number of hydrogen-bond donors (Lipinski definition) is 0. The van der Waals surface area contributed by atoms with Crippen molar-refractivity contribution in [2.75, 3.05) is 4.90 Å². The molecule has 35 heavy (non-hydrogen) atoms. The lowest BCUT2D eigenvalue weighted by Crippen LogP contribution is -2.61. The Morgan fingerprint density at radius 3 is 2.60 bits per heavy atom. The van der Waals surface area contributed by atoms with Gasteiger partial charge >= 0.3 is 6.03 Å². The largest absolute Gasteiger partial charge is 0.332 e. The van der Waals surface area contributed by atoms with E-state index in [9.17, 15) is 9.59 Å². The van der Waals surface area contributed by atoms with Crippen molar-refractivity contribution in [3.63, 3.8) is 0 Å². The first-order valence-corrected chi connectivity index (χ1v) is 12.2. The number of halogens is 1. The summed E-state index contributed by atoms with van der Waals surface area (Å²) in [7, 11) is 0. The van der Waals surface area contributed by atoms with Crippen LogP contribution in [0.1, 0.15) is 11.1 Å². The summed E-state index contributed by atoms with van der Waals surface area (Å²) in [6.07, 6.45) is 8.49. The number of pyridine rings is 1. The third-order valence-corrected chi connectivity index (χ3v) is 7.85. The molecule has 2 aromatic heterocycles. The Hall–Kier alpha value is -3.75. The minimum atomic E-state index is -0.521. The standard InChI is InChI=1S/C26H18ClN5O2S/c27-20-8-4-3-7-19(20)23-11-21-24(35-23)25(33)32(22-14-28-13-17-5-1-2-6-18(17)22)26(34)31(21)15-16-9-10-29-30-12-16/h1-14,21,24H,15H2. The highest BCUT2D eigenvalue weighted by Gasteiger charge is 2.50. The van der Waals surface area contributed by atoms with Crippen molar-refractivity contribution < 1.29 is 9.59 Å². The average molecular weight is 500 g/mol. The van der Waals surface area contributed by atoms with Gasteiger partial charge in [0.05, 0.1) is 24.1 Å². The van der Waals surface area contributed by atoms with Crippen LogP contribution >= 0.6 is 23.4 Å². The number of urea groups is 1. The van der Waals surface area contributed by atoms with Crippen molar-refractivity contribution in [1.29, 1.82) is 0 Å². The van der Waals surface area contributed by atoms with E-state index in [2.05, 4.69) is 15.2 Å². The molecule has 1 fully saturated rings. The Balaban J connectivity index is 1.46. The fourth-order valence-corrected chi connectivity index (χ4v) is 6.17. The van der Waals surface area contributed by atoms with Gasteiger partial charge in [0.2, 0.25) is 0 Å². The molecule has 0 N–H and O–H groups in total. The molecule has 2 aromatic carbocycles. The van der Waals surface area contributed by atoms with E-state index >= 15 is 0 Å². The summed E-state index contributed by atoms with van der Waals surface area (Å²) in [6, 6.07) is 16.1.